The van der Waals surface area contributed by atoms with E-state index < -0.39 is 11.9 Å². The quantitative estimate of drug-likeness (QED) is 0.505. The molecule has 1 fully saturated rings. The van der Waals surface area contributed by atoms with E-state index in [1.165, 1.54) is 4.90 Å². The van der Waals surface area contributed by atoms with E-state index in [-0.39, 0.29) is 0 Å². The first-order valence-electron chi connectivity index (χ1n) is 4.32. The molecule has 1 aliphatic rings. The van der Waals surface area contributed by atoms with Crippen LogP contribution in [0.15, 0.2) is 0 Å². The average Bonchev–Trinajstić information content (AvgIpc) is 2.28. The van der Waals surface area contributed by atoms with Crippen molar-refractivity contribution in [2.45, 2.75) is 6.42 Å². The summed E-state index contributed by atoms with van der Waals surface area (Å²) in [5, 5.41) is 8.49. The van der Waals surface area contributed by atoms with Crippen molar-refractivity contribution in [2.24, 2.45) is 0 Å². The number of carbonyl (C=O) groups is 2. The largest absolute Gasteiger partial charge is 0.474 e. The number of nitrogens with zero attached hydrogens (tertiary/aromatic N) is 2. The molecule has 74 valence electrons. The molecule has 0 aromatic heterocycles. The van der Waals surface area contributed by atoms with Crippen LogP contribution in [0, 0.1) is 0 Å². The third-order valence-corrected chi connectivity index (χ3v) is 2.19. The third kappa shape index (κ3) is 2.69. The second kappa shape index (κ2) is 4.23. The van der Waals surface area contributed by atoms with Gasteiger partial charge in [-0.1, -0.05) is 0 Å². The maximum atomic E-state index is 11.1. The van der Waals surface area contributed by atoms with Gasteiger partial charge in [0.2, 0.25) is 0 Å². The van der Waals surface area contributed by atoms with Crippen LogP contribution in [0.5, 0.6) is 0 Å². The van der Waals surface area contributed by atoms with Gasteiger partial charge >= 0.3 is 11.9 Å². The Balaban J connectivity index is 2.51. The molecule has 1 saturated heterocycles. The van der Waals surface area contributed by atoms with Crippen LogP contribution in [0.1, 0.15) is 6.42 Å². The van der Waals surface area contributed by atoms with E-state index in [0.717, 1.165) is 19.5 Å². The molecule has 0 radical (unpaired) electrons. The van der Waals surface area contributed by atoms with Crippen molar-refractivity contribution in [3.63, 3.8) is 0 Å². The smallest absolute Gasteiger partial charge is 0.394 e. The Labute approximate surface area is 76.9 Å². The van der Waals surface area contributed by atoms with Crippen LogP contribution in [0.3, 0.4) is 0 Å². The lowest BCUT2D eigenvalue weighted by Crippen LogP contribution is -2.38. The van der Waals surface area contributed by atoms with Crippen molar-refractivity contribution in [1.29, 1.82) is 0 Å². The predicted octanol–water partition coefficient (Wildman–Crippen LogP) is -0.765. The number of carboxylic acids is 1. The minimum absolute atomic E-state index is 0.516. The number of carboxylic acid groups (broad SMARTS) is 1. The molecule has 1 rings (SSSR count). The van der Waals surface area contributed by atoms with Crippen LogP contribution in [-0.2, 0) is 9.59 Å². The fourth-order valence-corrected chi connectivity index (χ4v) is 1.38. The lowest BCUT2D eigenvalue weighted by Gasteiger charge is -2.17. The molecule has 0 spiro atoms. The van der Waals surface area contributed by atoms with Crippen LogP contribution in [0.25, 0.3) is 0 Å². The van der Waals surface area contributed by atoms with Crippen molar-refractivity contribution in [2.75, 3.05) is 33.2 Å². The summed E-state index contributed by atoms with van der Waals surface area (Å²) in [5.74, 6) is -2.14. The predicted molar refractivity (Wildman–Crippen MR) is 46.3 cm³/mol. The van der Waals surface area contributed by atoms with Crippen molar-refractivity contribution in [3.05, 3.63) is 0 Å². The zero-order valence-corrected chi connectivity index (χ0v) is 7.69. The van der Waals surface area contributed by atoms with Crippen LogP contribution in [-0.4, -0.2) is 60.0 Å². The minimum Gasteiger partial charge on any atom is -0.474 e. The minimum atomic E-state index is -1.36. The summed E-state index contributed by atoms with van der Waals surface area (Å²) >= 11 is 0. The number of aliphatic carboxylic acids is 1. The Morgan fingerprint density at radius 2 is 1.85 bits per heavy atom. The van der Waals surface area contributed by atoms with Gasteiger partial charge in [0.1, 0.15) is 0 Å². The number of hydrogen-bond acceptors (Lipinski definition) is 3. The molecule has 1 amide bonds. The topological polar surface area (TPSA) is 60.9 Å². The monoisotopic (exact) mass is 186 g/mol. The van der Waals surface area contributed by atoms with Gasteiger partial charge in [-0.3, -0.25) is 4.79 Å². The second-order valence-electron chi connectivity index (χ2n) is 3.25. The fourth-order valence-electron chi connectivity index (χ4n) is 1.38. The second-order valence-corrected chi connectivity index (χ2v) is 3.25. The molecule has 5 nitrogen and oxygen atoms in total. The molecule has 0 aromatic carbocycles. The van der Waals surface area contributed by atoms with Gasteiger partial charge in [0.25, 0.3) is 0 Å². The van der Waals surface area contributed by atoms with Gasteiger partial charge in [-0.05, 0) is 20.0 Å². The summed E-state index contributed by atoms with van der Waals surface area (Å²) in [4.78, 5) is 24.9. The highest BCUT2D eigenvalue weighted by Crippen LogP contribution is 2.01. The fraction of sp³-hybridized carbons (Fsp3) is 0.750. The highest BCUT2D eigenvalue weighted by Gasteiger charge is 2.22. The molecule has 0 atom stereocenters. The zero-order chi connectivity index (χ0) is 9.84. The van der Waals surface area contributed by atoms with Gasteiger partial charge < -0.3 is 14.9 Å². The molecular weight excluding hydrogens is 172 g/mol. The molecule has 0 aromatic rings. The van der Waals surface area contributed by atoms with Gasteiger partial charge in [0, 0.05) is 19.6 Å². The summed E-state index contributed by atoms with van der Waals surface area (Å²) in [6, 6.07) is 0. The summed E-state index contributed by atoms with van der Waals surface area (Å²) in [6.07, 6.45) is 0.843. The molecule has 0 saturated carbocycles. The number of hydrogen-bond donors (Lipinski definition) is 1. The summed E-state index contributed by atoms with van der Waals surface area (Å²) in [5.41, 5.74) is 0. The Kier molecular flexibility index (Phi) is 3.25. The Morgan fingerprint density at radius 1 is 1.15 bits per heavy atom. The molecular formula is C8H14N2O3. The van der Waals surface area contributed by atoms with Gasteiger partial charge in [-0.15, -0.1) is 0 Å². The molecule has 1 N–H and O–H groups in total. The Morgan fingerprint density at radius 3 is 2.46 bits per heavy atom. The first-order chi connectivity index (χ1) is 6.11. The summed E-state index contributed by atoms with van der Waals surface area (Å²) in [6.45, 7) is 2.74. The van der Waals surface area contributed by atoms with E-state index in [1.54, 1.807) is 0 Å². The molecule has 0 bridgehead atoms. The van der Waals surface area contributed by atoms with Crippen LogP contribution < -0.4 is 0 Å². The summed E-state index contributed by atoms with van der Waals surface area (Å²) in [7, 11) is 1.97. The number of carbonyl (C=O) groups excluding carboxylic acids is 1. The van der Waals surface area contributed by atoms with Gasteiger partial charge in [0.15, 0.2) is 0 Å². The summed E-state index contributed by atoms with van der Waals surface area (Å²) < 4.78 is 0. The maximum Gasteiger partial charge on any atom is 0.394 e. The SMILES string of the molecule is CN1CCCN(C(=O)C(=O)O)CC1. The van der Waals surface area contributed by atoms with Crippen LogP contribution in [0.4, 0.5) is 0 Å². The van der Waals surface area contributed by atoms with E-state index in [2.05, 4.69) is 4.90 Å². The molecule has 0 unspecified atom stereocenters. The number of likely N-dealkylation sites (N-methyl/N-ethyl adjacent to an activating group) is 1. The van der Waals surface area contributed by atoms with E-state index in [4.69, 9.17) is 5.11 Å². The van der Waals surface area contributed by atoms with E-state index in [0.29, 0.717) is 13.1 Å². The van der Waals surface area contributed by atoms with Crippen molar-refractivity contribution < 1.29 is 14.7 Å². The first kappa shape index (κ1) is 9.98. The molecule has 1 heterocycles. The van der Waals surface area contributed by atoms with Crippen molar-refractivity contribution >= 4 is 11.9 Å². The van der Waals surface area contributed by atoms with E-state index >= 15 is 0 Å². The highest BCUT2D eigenvalue weighted by atomic mass is 16.4. The zero-order valence-electron chi connectivity index (χ0n) is 7.69. The van der Waals surface area contributed by atoms with Crippen molar-refractivity contribution in [3.8, 4) is 0 Å². The first-order valence-corrected chi connectivity index (χ1v) is 4.32. The highest BCUT2D eigenvalue weighted by molar-refractivity contribution is 6.31. The number of rotatable bonds is 0. The molecule has 13 heavy (non-hydrogen) atoms. The average molecular weight is 186 g/mol. The van der Waals surface area contributed by atoms with Gasteiger partial charge in [-0.25, -0.2) is 4.79 Å². The molecule has 1 aliphatic heterocycles. The number of amides is 1. The molecule has 0 aliphatic carbocycles. The Bertz CT molecular complexity index is 217. The lowest BCUT2D eigenvalue weighted by molar-refractivity contribution is -0.155. The third-order valence-electron chi connectivity index (χ3n) is 2.19. The van der Waals surface area contributed by atoms with E-state index in [9.17, 15) is 9.59 Å². The van der Waals surface area contributed by atoms with Crippen LogP contribution >= 0.6 is 0 Å². The Hall–Kier alpha value is -1.10. The van der Waals surface area contributed by atoms with Crippen LogP contribution in [0.2, 0.25) is 0 Å². The lowest BCUT2D eigenvalue weighted by atomic mass is 10.4. The standard InChI is InChI=1S/C8H14N2O3/c1-9-3-2-4-10(6-5-9)7(11)8(12)13/h2-6H2,1H3,(H,12,13). The van der Waals surface area contributed by atoms with Crippen molar-refractivity contribution in [1.82, 2.24) is 9.80 Å². The van der Waals surface area contributed by atoms with Gasteiger partial charge in [0.05, 0.1) is 0 Å². The molecule has 5 heteroatoms. The van der Waals surface area contributed by atoms with Gasteiger partial charge in [-0.2, -0.15) is 0 Å². The normalized spacial score (nSPS) is 19.6. The van der Waals surface area contributed by atoms with E-state index in [1.807, 2.05) is 7.05 Å². The maximum absolute atomic E-state index is 11.1.